The molecule has 0 aliphatic carbocycles. The third kappa shape index (κ3) is 4.70. The molecule has 1 aliphatic heterocycles. The van der Waals surface area contributed by atoms with Crippen molar-refractivity contribution in [3.8, 4) is 10.6 Å². The standard InChI is InChI=1S/C15H19N3O2S.2ClH/c1-16-8-11-2-5-18(6-3-11)15(19)13-10-21-14(17-13)12-4-7-20-9-12;;/h4,7,9-11,16H,2-3,5-6,8H2,1H3;2*1H. The van der Waals surface area contributed by atoms with Gasteiger partial charge in [-0.25, -0.2) is 4.98 Å². The first kappa shape index (κ1) is 20.0. The van der Waals surface area contributed by atoms with Crippen molar-refractivity contribution in [2.75, 3.05) is 26.7 Å². The molecule has 3 heterocycles. The monoisotopic (exact) mass is 377 g/mol. The quantitative estimate of drug-likeness (QED) is 0.887. The number of hydrogen-bond donors (Lipinski definition) is 1. The van der Waals surface area contributed by atoms with Crippen molar-refractivity contribution in [1.82, 2.24) is 15.2 Å². The molecule has 128 valence electrons. The number of carbonyl (C=O) groups is 1. The number of nitrogens with one attached hydrogen (secondary N) is 1. The van der Waals surface area contributed by atoms with E-state index in [1.807, 2.05) is 23.4 Å². The third-order valence-corrected chi connectivity index (χ3v) is 4.78. The van der Waals surface area contributed by atoms with E-state index in [0.717, 1.165) is 43.0 Å². The van der Waals surface area contributed by atoms with E-state index in [1.54, 1.807) is 12.5 Å². The summed E-state index contributed by atoms with van der Waals surface area (Å²) in [5.74, 6) is 0.722. The highest BCUT2D eigenvalue weighted by Gasteiger charge is 2.24. The fraction of sp³-hybridized carbons (Fsp3) is 0.467. The van der Waals surface area contributed by atoms with Gasteiger partial charge in [-0.2, -0.15) is 0 Å². The topological polar surface area (TPSA) is 58.4 Å². The number of rotatable bonds is 4. The maximum absolute atomic E-state index is 12.5. The van der Waals surface area contributed by atoms with Crippen LogP contribution in [-0.4, -0.2) is 42.5 Å². The summed E-state index contributed by atoms with van der Waals surface area (Å²) in [5.41, 5.74) is 1.47. The van der Waals surface area contributed by atoms with Gasteiger partial charge in [-0.1, -0.05) is 0 Å². The number of likely N-dealkylation sites (tertiary alicyclic amines) is 1. The van der Waals surface area contributed by atoms with E-state index in [2.05, 4.69) is 10.3 Å². The summed E-state index contributed by atoms with van der Waals surface area (Å²) in [4.78, 5) is 18.8. The van der Waals surface area contributed by atoms with E-state index < -0.39 is 0 Å². The summed E-state index contributed by atoms with van der Waals surface area (Å²) in [7, 11) is 1.98. The number of piperidine rings is 1. The fourth-order valence-corrected chi connectivity index (χ4v) is 3.46. The van der Waals surface area contributed by atoms with Crippen molar-refractivity contribution >= 4 is 42.1 Å². The molecule has 8 heteroatoms. The predicted octanol–water partition coefficient (Wildman–Crippen LogP) is 3.32. The number of halogens is 2. The van der Waals surface area contributed by atoms with E-state index in [-0.39, 0.29) is 30.7 Å². The minimum absolute atomic E-state index is 0. The van der Waals surface area contributed by atoms with E-state index in [0.29, 0.717) is 11.6 Å². The SMILES string of the molecule is CNCC1CCN(C(=O)c2csc(-c3ccoc3)n2)CC1.Cl.Cl. The Labute approximate surface area is 152 Å². The summed E-state index contributed by atoms with van der Waals surface area (Å²) in [6.45, 7) is 2.68. The second kappa shape index (κ2) is 9.27. The second-order valence-corrected chi connectivity index (χ2v) is 6.20. The number of hydrogen-bond acceptors (Lipinski definition) is 5. The Morgan fingerprint density at radius 2 is 2.17 bits per heavy atom. The van der Waals surface area contributed by atoms with Crippen LogP contribution < -0.4 is 5.32 Å². The average Bonchev–Trinajstić information content (AvgIpc) is 3.19. The minimum atomic E-state index is 0. The summed E-state index contributed by atoms with van der Waals surface area (Å²) in [5, 5.41) is 5.88. The smallest absolute Gasteiger partial charge is 0.273 e. The number of aromatic nitrogens is 1. The second-order valence-electron chi connectivity index (χ2n) is 5.34. The lowest BCUT2D eigenvalue weighted by Crippen LogP contribution is -2.40. The molecular weight excluding hydrogens is 357 g/mol. The van der Waals surface area contributed by atoms with Crippen LogP contribution in [0.4, 0.5) is 0 Å². The van der Waals surface area contributed by atoms with Crippen LogP contribution in [0, 0.1) is 5.92 Å². The first-order chi connectivity index (χ1) is 10.3. The van der Waals surface area contributed by atoms with Gasteiger partial charge in [-0.3, -0.25) is 4.79 Å². The predicted molar refractivity (Wildman–Crippen MR) is 96.9 cm³/mol. The first-order valence-electron chi connectivity index (χ1n) is 7.20. The van der Waals surface area contributed by atoms with Gasteiger partial charge in [0.05, 0.1) is 6.26 Å². The molecule has 1 amide bonds. The largest absolute Gasteiger partial charge is 0.472 e. The van der Waals surface area contributed by atoms with Crippen molar-refractivity contribution < 1.29 is 9.21 Å². The van der Waals surface area contributed by atoms with Crippen LogP contribution in [0.2, 0.25) is 0 Å². The summed E-state index contributed by atoms with van der Waals surface area (Å²) >= 11 is 1.48. The normalized spacial score (nSPS) is 14.9. The van der Waals surface area contributed by atoms with E-state index in [9.17, 15) is 4.79 Å². The Kier molecular flexibility index (Phi) is 8.05. The molecule has 2 aromatic rings. The number of furan rings is 1. The molecule has 23 heavy (non-hydrogen) atoms. The Bertz CT molecular complexity index is 596. The molecule has 0 saturated carbocycles. The Hall–Kier alpha value is -1.08. The minimum Gasteiger partial charge on any atom is -0.472 e. The lowest BCUT2D eigenvalue weighted by Gasteiger charge is -2.31. The molecule has 1 aliphatic rings. The van der Waals surface area contributed by atoms with Crippen molar-refractivity contribution in [3.63, 3.8) is 0 Å². The Morgan fingerprint density at radius 1 is 1.43 bits per heavy atom. The highest BCUT2D eigenvalue weighted by molar-refractivity contribution is 7.13. The Morgan fingerprint density at radius 3 is 2.78 bits per heavy atom. The van der Waals surface area contributed by atoms with Gasteiger partial charge in [0.25, 0.3) is 5.91 Å². The van der Waals surface area contributed by atoms with Crippen molar-refractivity contribution in [1.29, 1.82) is 0 Å². The van der Waals surface area contributed by atoms with Gasteiger partial charge in [-0.05, 0) is 38.4 Å². The number of amides is 1. The number of thiazole rings is 1. The number of nitrogens with zero attached hydrogens (tertiary/aromatic N) is 2. The summed E-state index contributed by atoms with van der Waals surface area (Å²) in [6.07, 6.45) is 5.39. The van der Waals surface area contributed by atoms with Crippen LogP contribution >= 0.6 is 36.2 Å². The maximum Gasteiger partial charge on any atom is 0.273 e. The van der Waals surface area contributed by atoms with Crippen LogP contribution in [0.15, 0.2) is 28.4 Å². The molecule has 2 aromatic heterocycles. The lowest BCUT2D eigenvalue weighted by atomic mass is 9.97. The Balaban J connectivity index is 0.00000132. The first-order valence-corrected chi connectivity index (χ1v) is 8.08. The van der Waals surface area contributed by atoms with E-state index in [4.69, 9.17) is 4.42 Å². The molecule has 5 nitrogen and oxygen atoms in total. The van der Waals surface area contributed by atoms with Gasteiger partial charge in [0.2, 0.25) is 0 Å². The molecule has 0 bridgehead atoms. The van der Waals surface area contributed by atoms with Gasteiger partial charge < -0.3 is 14.6 Å². The zero-order valence-corrected chi connectivity index (χ0v) is 15.3. The molecule has 0 atom stereocenters. The van der Waals surface area contributed by atoms with Crippen molar-refractivity contribution in [3.05, 3.63) is 29.7 Å². The van der Waals surface area contributed by atoms with Crippen LogP contribution in [0.5, 0.6) is 0 Å². The zero-order valence-electron chi connectivity index (χ0n) is 12.9. The third-order valence-electron chi connectivity index (χ3n) is 3.89. The molecular formula is C15H21Cl2N3O2S. The molecule has 0 aromatic carbocycles. The van der Waals surface area contributed by atoms with Crippen LogP contribution in [0.3, 0.4) is 0 Å². The molecule has 1 N–H and O–H groups in total. The maximum atomic E-state index is 12.5. The summed E-state index contributed by atoms with van der Waals surface area (Å²) < 4.78 is 5.06. The van der Waals surface area contributed by atoms with Gasteiger partial charge in [0.15, 0.2) is 0 Å². The molecule has 1 saturated heterocycles. The van der Waals surface area contributed by atoms with Crippen molar-refractivity contribution in [2.45, 2.75) is 12.8 Å². The zero-order chi connectivity index (χ0) is 14.7. The molecule has 0 spiro atoms. The summed E-state index contributed by atoms with van der Waals surface area (Å²) in [6, 6.07) is 1.86. The van der Waals surface area contributed by atoms with Crippen LogP contribution in [0.1, 0.15) is 23.3 Å². The van der Waals surface area contributed by atoms with Crippen LogP contribution in [0.25, 0.3) is 10.6 Å². The number of carbonyl (C=O) groups excluding carboxylic acids is 1. The fourth-order valence-electron chi connectivity index (χ4n) is 2.68. The molecule has 0 unspecified atom stereocenters. The van der Waals surface area contributed by atoms with Gasteiger partial charge in [-0.15, -0.1) is 36.2 Å². The van der Waals surface area contributed by atoms with E-state index in [1.165, 1.54) is 11.3 Å². The highest BCUT2D eigenvalue weighted by atomic mass is 35.5. The molecule has 0 radical (unpaired) electrons. The molecule has 3 rings (SSSR count). The average molecular weight is 378 g/mol. The van der Waals surface area contributed by atoms with E-state index >= 15 is 0 Å². The molecule has 1 fully saturated rings. The van der Waals surface area contributed by atoms with Gasteiger partial charge in [0.1, 0.15) is 17.0 Å². The highest BCUT2D eigenvalue weighted by Crippen LogP contribution is 2.25. The van der Waals surface area contributed by atoms with Crippen LogP contribution in [-0.2, 0) is 0 Å². The van der Waals surface area contributed by atoms with Gasteiger partial charge >= 0.3 is 0 Å². The van der Waals surface area contributed by atoms with Gasteiger partial charge in [0, 0.05) is 24.0 Å². The van der Waals surface area contributed by atoms with Crippen molar-refractivity contribution in [2.24, 2.45) is 5.92 Å². The lowest BCUT2D eigenvalue weighted by molar-refractivity contribution is 0.0686.